The fourth-order valence-electron chi connectivity index (χ4n) is 3.29. The minimum Gasteiger partial charge on any atom is -0.490 e. The standard InChI is InChI=1S/C24H28N2O3/c1-5-28-22-10-8-18(14-23(22)29-6-2)11-12-25-24(27)20-15-19-13-16(3)7-9-21(19)26-17(20)4/h7-10,13-15H,5-6,11-12H2,1-4H3,(H,25,27). The molecule has 0 saturated heterocycles. The topological polar surface area (TPSA) is 60.5 Å². The maximum absolute atomic E-state index is 12.7. The molecular weight excluding hydrogens is 364 g/mol. The number of hydrogen-bond donors (Lipinski definition) is 1. The van der Waals surface area contributed by atoms with Gasteiger partial charge in [-0.2, -0.15) is 0 Å². The molecule has 0 aliphatic rings. The van der Waals surface area contributed by atoms with Crippen LogP contribution in [-0.2, 0) is 6.42 Å². The molecule has 1 N–H and O–H groups in total. The van der Waals surface area contributed by atoms with E-state index in [1.54, 1.807) is 0 Å². The van der Waals surface area contributed by atoms with E-state index in [4.69, 9.17) is 9.47 Å². The summed E-state index contributed by atoms with van der Waals surface area (Å²) in [6, 6.07) is 13.9. The first-order valence-electron chi connectivity index (χ1n) is 10.1. The summed E-state index contributed by atoms with van der Waals surface area (Å²) in [6.45, 7) is 9.50. The molecule has 0 radical (unpaired) electrons. The number of benzene rings is 2. The van der Waals surface area contributed by atoms with Crippen LogP contribution >= 0.6 is 0 Å². The zero-order valence-electron chi connectivity index (χ0n) is 17.5. The predicted molar refractivity (Wildman–Crippen MR) is 116 cm³/mol. The molecule has 0 saturated carbocycles. The predicted octanol–water partition coefficient (Wildman–Crippen LogP) is 4.62. The van der Waals surface area contributed by atoms with Crippen LogP contribution in [-0.4, -0.2) is 30.6 Å². The summed E-state index contributed by atoms with van der Waals surface area (Å²) in [5.74, 6) is 1.38. The number of nitrogens with zero attached hydrogens (tertiary/aromatic N) is 1. The van der Waals surface area contributed by atoms with E-state index in [2.05, 4.69) is 10.3 Å². The van der Waals surface area contributed by atoms with Crippen molar-refractivity contribution in [2.75, 3.05) is 19.8 Å². The van der Waals surface area contributed by atoms with Crippen LogP contribution < -0.4 is 14.8 Å². The first kappa shape index (κ1) is 20.6. The van der Waals surface area contributed by atoms with Gasteiger partial charge >= 0.3 is 0 Å². The van der Waals surface area contributed by atoms with E-state index in [9.17, 15) is 4.79 Å². The maximum atomic E-state index is 12.7. The summed E-state index contributed by atoms with van der Waals surface area (Å²) >= 11 is 0. The first-order chi connectivity index (χ1) is 14.0. The lowest BCUT2D eigenvalue weighted by Gasteiger charge is -2.13. The van der Waals surface area contributed by atoms with Crippen molar-refractivity contribution >= 4 is 16.8 Å². The Hall–Kier alpha value is -3.08. The van der Waals surface area contributed by atoms with Crippen molar-refractivity contribution < 1.29 is 14.3 Å². The molecule has 0 aliphatic heterocycles. The first-order valence-corrected chi connectivity index (χ1v) is 10.1. The van der Waals surface area contributed by atoms with Gasteiger partial charge in [0.1, 0.15) is 0 Å². The third-order valence-corrected chi connectivity index (χ3v) is 4.71. The van der Waals surface area contributed by atoms with E-state index >= 15 is 0 Å². The van der Waals surface area contributed by atoms with E-state index in [1.807, 2.05) is 70.2 Å². The third kappa shape index (κ3) is 5.05. The summed E-state index contributed by atoms with van der Waals surface area (Å²) in [4.78, 5) is 17.3. The second-order valence-electron chi connectivity index (χ2n) is 6.97. The Morgan fingerprint density at radius 1 is 0.966 bits per heavy atom. The number of rotatable bonds is 8. The number of aryl methyl sites for hydroxylation is 2. The number of nitrogens with one attached hydrogen (secondary N) is 1. The van der Waals surface area contributed by atoms with E-state index in [1.165, 1.54) is 0 Å². The van der Waals surface area contributed by atoms with Crippen LogP contribution in [0, 0.1) is 13.8 Å². The summed E-state index contributed by atoms with van der Waals surface area (Å²) < 4.78 is 11.3. The highest BCUT2D eigenvalue weighted by molar-refractivity contribution is 5.98. The Morgan fingerprint density at radius 2 is 1.72 bits per heavy atom. The van der Waals surface area contributed by atoms with Crippen LogP contribution in [0.5, 0.6) is 11.5 Å². The van der Waals surface area contributed by atoms with Crippen molar-refractivity contribution in [3.8, 4) is 11.5 Å². The van der Waals surface area contributed by atoms with Crippen LogP contribution in [0.3, 0.4) is 0 Å². The number of hydrogen-bond acceptors (Lipinski definition) is 4. The summed E-state index contributed by atoms with van der Waals surface area (Å²) in [5, 5.41) is 3.99. The molecule has 29 heavy (non-hydrogen) atoms. The molecule has 0 unspecified atom stereocenters. The monoisotopic (exact) mass is 392 g/mol. The molecule has 0 fully saturated rings. The fourth-order valence-corrected chi connectivity index (χ4v) is 3.29. The summed E-state index contributed by atoms with van der Waals surface area (Å²) in [5.41, 5.74) is 4.49. The van der Waals surface area contributed by atoms with Crippen molar-refractivity contribution in [1.29, 1.82) is 0 Å². The lowest BCUT2D eigenvalue weighted by Crippen LogP contribution is -2.26. The van der Waals surface area contributed by atoms with Gasteiger partial charge in [-0.1, -0.05) is 17.7 Å². The number of amides is 1. The quantitative estimate of drug-likeness (QED) is 0.608. The zero-order valence-corrected chi connectivity index (χ0v) is 17.5. The molecule has 5 heteroatoms. The van der Waals surface area contributed by atoms with Crippen molar-refractivity contribution in [3.63, 3.8) is 0 Å². The largest absolute Gasteiger partial charge is 0.490 e. The molecule has 0 atom stereocenters. The number of ether oxygens (including phenoxy) is 2. The number of pyridine rings is 1. The Kier molecular flexibility index (Phi) is 6.70. The molecule has 1 aromatic heterocycles. The Balaban J connectivity index is 1.67. The normalized spacial score (nSPS) is 10.8. The lowest BCUT2D eigenvalue weighted by molar-refractivity contribution is 0.0953. The molecule has 3 aromatic rings. The van der Waals surface area contributed by atoms with E-state index in [0.29, 0.717) is 31.7 Å². The molecule has 0 spiro atoms. The summed E-state index contributed by atoms with van der Waals surface area (Å²) in [7, 11) is 0. The van der Waals surface area contributed by atoms with Crippen molar-refractivity contribution in [3.05, 3.63) is 64.8 Å². The zero-order chi connectivity index (χ0) is 20.8. The SMILES string of the molecule is CCOc1ccc(CCNC(=O)c2cc3cc(C)ccc3nc2C)cc1OCC. The van der Waals surface area contributed by atoms with Gasteiger partial charge in [-0.3, -0.25) is 9.78 Å². The highest BCUT2D eigenvalue weighted by Crippen LogP contribution is 2.28. The van der Waals surface area contributed by atoms with Gasteiger partial charge in [0.05, 0.1) is 30.0 Å². The minimum atomic E-state index is -0.102. The molecule has 3 rings (SSSR count). The van der Waals surface area contributed by atoms with Gasteiger partial charge < -0.3 is 14.8 Å². The van der Waals surface area contributed by atoms with Gasteiger partial charge in [-0.15, -0.1) is 0 Å². The Labute approximate surface area is 172 Å². The van der Waals surface area contributed by atoms with Gasteiger partial charge in [-0.05, 0) is 70.0 Å². The molecule has 1 heterocycles. The van der Waals surface area contributed by atoms with Gasteiger partial charge in [0, 0.05) is 11.9 Å². The average Bonchev–Trinajstić information content (AvgIpc) is 2.70. The van der Waals surface area contributed by atoms with E-state index < -0.39 is 0 Å². The van der Waals surface area contributed by atoms with Crippen LogP contribution in [0.1, 0.15) is 41.0 Å². The number of carbonyl (C=O) groups is 1. The minimum absolute atomic E-state index is 0.102. The van der Waals surface area contributed by atoms with Gasteiger partial charge in [-0.25, -0.2) is 0 Å². The molecule has 152 valence electrons. The Morgan fingerprint density at radius 3 is 2.48 bits per heavy atom. The molecule has 0 bridgehead atoms. The van der Waals surface area contributed by atoms with E-state index in [0.717, 1.165) is 39.2 Å². The van der Waals surface area contributed by atoms with Gasteiger partial charge in [0.15, 0.2) is 11.5 Å². The molecule has 0 aliphatic carbocycles. The second-order valence-corrected chi connectivity index (χ2v) is 6.97. The van der Waals surface area contributed by atoms with Crippen LogP contribution in [0.15, 0.2) is 42.5 Å². The summed E-state index contributed by atoms with van der Waals surface area (Å²) in [6.07, 6.45) is 0.706. The maximum Gasteiger partial charge on any atom is 0.253 e. The average molecular weight is 392 g/mol. The molecular formula is C24H28N2O3. The van der Waals surface area contributed by atoms with Gasteiger partial charge in [0.25, 0.3) is 5.91 Å². The molecule has 1 amide bonds. The van der Waals surface area contributed by atoms with Crippen molar-refractivity contribution in [1.82, 2.24) is 10.3 Å². The lowest BCUT2D eigenvalue weighted by atomic mass is 10.1. The third-order valence-electron chi connectivity index (χ3n) is 4.71. The van der Waals surface area contributed by atoms with E-state index in [-0.39, 0.29) is 5.91 Å². The second kappa shape index (κ2) is 9.41. The highest BCUT2D eigenvalue weighted by atomic mass is 16.5. The fraction of sp³-hybridized carbons (Fsp3) is 0.333. The van der Waals surface area contributed by atoms with Crippen LogP contribution in [0.4, 0.5) is 0 Å². The molecule has 2 aromatic carbocycles. The van der Waals surface area contributed by atoms with Crippen molar-refractivity contribution in [2.45, 2.75) is 34.1 Å². The van der Waals surface area contributed by atoms with Crippen LogP contribution in [0.2, 0.25) is 0 Å². The number of fused-ring (bicyclic) bond motifs is 1. The van der Waals surface area contributed by atoms with Crippen LogP contribution in [0.25, 0.3) is 10.9 Å². The smallest absolute Gasteiger partial charge is 0.253 e. The van der Waals surface area contributed by atoms with Crippen molar-refractivity contribution in [2.24, 2.45) is 0 Å². The number of carbonyl (C=O) groups excluding carboxylic acids is 1. The number of aromatic nitrogens is 1. The highest BCUT2D eigenvalue weighted by Gasteiger charge is 2.12. The van der Waals surface area contributed by atoms with Gasteiger partial charge in [0.2, 0.25) is 0 Å². The Bertz CT molecular complexity index is 1010. The molecule has 5 nitrogen and oxygen atoms in total.